The molecule has 1 atom stereocenters. The first-order valence-electron chi connectivity index (χ1n) is 7.81. The van der Waals surface area contributed by atoms with Gasteiger partial charge in [-0.1, -0.05) is 37.5 Å². The van der Waals surface area contributed by atoms with Crippen LogP contribution in [0.25, 0.3) is 0 Å². The number of carbonyl (C=O) groups is 1. The van der Waals surface area contributed by atoms with Gasteiger partial charge in [0.15, 0.2) is 0 Å². The van der Waals surface area contributed by atoms with Crippen LogP contribution in [0.3, 0.4) is 0 Å². The van der Waals surface area contributed by atoms with Crippen molar-refractivity contribution in [3.05, 3.63) is 29.8 Å². The molecular formula is C17H23NO2. The molecule has 108 valence electrons. The van der Waals surface area contributed by atoms with Crippen molar-refractivity contribution in [1.29, 1.82) is 0 Å². The van der Waals surface area contributed by atoms with Gasteiger partial charge >= 0.3 is 5.97 Å². The number of hydrogen-bond donors (Lipinski definition) is 1. The van der Waals surface area contributed by atoms with Crippen LogP contribution in [0.5, 0.6) is 0 Å². The number of fused-ring (bicyclic) bond motifs is 1. The predicted octanol–water partition coefficient (Wildman–Crippen LogP) is 3.39. The molecule has 0 spiro atoms. The predicted molar refractivity (Wildman–Crippen MR) is 79.7 cm³/mol. The second kappa shape index (κ2) is 6.29. The van der Waals surface area contributed by atoms with Gasteiger partial charge in [-0.2, -0.15) is 0 Å². The first-order valence-corrected chi connectivity index (χ1v) is 7.81. The maximum atomic E-state index is 12.2. The zero-order valence-electron chi connectivity index (χ0n) is 11.9. The minimum Gasteiger partial charge on any atom is -0.465 e. The van der Waals surface area contributed by atoms with E-state index in [2.05, 4.69) is 17.4 Å². The number of nitrogens with one attached hydrogen (secondary N) is 1. The number of anilines is 1. The second-order valence-electron chi connectivity index (χ2n) is 6.07. The Hall–Kier alpha value is -1.51. The highest BCUT2D eigenvalue weighted by molar-refractivity contribution is 5.75. The molecule has 0 amide bonds. The van der Waals surface area contributed by atoms with E-state index in [1.165, 1.54) is 37.7 Å². The molecule has 1 N–H and O–H groups in total. The van der Waals surface area contributed by atoms with Gasteiger partial charge in [-0.15, -0.1) is 0 Å². The van der Waals surface area contributed by atoms with Gasteiger partial charge in [0.2, 0.25) is 0 Å². The molecular weight excluding hydrogens is 250 g/mol. The van der Waals surface area contributed by atoms with Crippen molar-refractivity contribution >= 4 is 11.7 Å². The van der Waals surface area contributed by atoms with Gasteiger partial charge in [0, 0.05) is 12.2 Å². The summed E-state index contributed by atoms with van der Waals surface area (Å²) in [6.45, 7) is 1.32. The van der Waals surface area contributed by atoms with E-state index in [4.69, 9.17) is 4.74 Å². The monoisotopic (exact) mass is 273 g/mol. The molecule has 1 saturated carbocycles. The molecule has 1 aliphatic carbocycles. The molecule has 3 nitrogen and oxygen atoms in total. The van der Waals surface area contributed by atoms with Crippen LogP contribution >= 0.6 is 0 Å². The third-order valence-electron chi connectivity index (χ3n) is 4.54. The molecule has 1 aromatic rings. The molecule has 1 aliphatic heterocycles. The summed E-state index contributed by atoms with van der Waals surface area (Å²) < 4.78 is 5.56. The summed E-state index contributed by atoms with van der Waals surface area (Å²) >= 11 is 0. The fourth-order valence-electron chi connectivity index (χ4n) is 3.28. The van der Waals surface area contributed by atoms with E-state index in [0.717, 1.165) is 12.1 Å². The quantitative estimate of drug-likeness (QED) is 0.858. The third kappa shape index (κ3) is 3.14. The lowest BCUT2D eigenvalue weighted by Crippen LogP contribution is -2.32. The Kier molecular flexibility index (Phi) is 4.24. The maximum absolute atomic E-state index is 12.2. The zero-order valence-corrected chi connectivity index (χ0v) is 11.9. The van der Waals surface area contributed by atoms with Crippen LogP contribution < -0.4 is 5.32 Å². The molecule has 3 rings (SSSR count). The molecule has 3 heteroatoms. The molecule has 0 radical (unpaired) electrons. The van der Waals surface area contributed by atoms with Crippen molar-refractivity contribution in [2.24, 2.45) is 11.8 Å². The standard InChI is InChI=1S/C17H23NO2/c19-17(20-12-13-6-2-1-3-7-13)15-10-14-8-4-5-9-16(14)18-11-15/h4-5,8-9,13,15,18H,1-3,6-7,10-12H2. The number of esters is 1. The van der Waals surface area contributed by atoms with Crippen molar-refractivity contribution in [3.63, 3.8) is 0 Å². The number of para-hydroxylation sites is 1. The largest absolute Gasteiger partial charge is 0.465 e. The minimum absolute atomic E-state index is 0.0300. The normalized spacial score (nSPS) is 22.7. The van der Waals surface area contributed by atoms with E-state index < -0.39 is 0 Å². The Labute approximate surface area is 120 Å². The Morgan fingerprint density at radius 3 is 2.85 bits per heavy atom. The van der Waals surface area contributed by atoms with E-state index in [9.17, 15) is 4.79 Å². The van der Waals surface area contributed by atoms with Gasteiger partial charge in [-0.05, 0) is 36.8 Å². The van der Waals surface area contributed by atoms with E-state index in [1.807, 2.05) is 12.1 Å². The van der Waals surface area contributed by atoms with Crippen LogP contribution in [0.4, 0.5) is 5.69 Å². The number of ether oxygens (including phenoxy) is 1. The summed E-state index contributed by atoms with van der Waals surface area (Å²) in [6.07, 6.45) is 7.17. The Balaban J connectivity index is 1.51. The van der Waals surface area contributed by atoms with Gasteiger partial charge in [-0.3, -0.25) is 4.79 Å². The van der Waals surface area contributed by atoms with Crippen LogP contribution in [-0.2, 0) is 16.0 Å². The Morgan fingerprint density at radius 1 is 1.20 bits per heavy atom. The fourth-order valence-corrected chi connectivity index (χ4v) is 3.28. The summed E-state index contributed by atoms with van der Waals surface area (Å²) in [5.74, 6) is 0.530. The van der Waals surface area contributed by atoms with Crippen molar-refractivity contribution in [3.8, 4) is 0 Å². The van der Waals surface area contributed by atoms with Gasteiger partial charge in [0.05, 0.1) is 12.5 Å². The first-order chi connectivity index (χ1) is 9.83. The molecule has 20 heavy (non-hydrogen) atoms. The summed E-state index contributed by atoms with van der Waals surface area (Å²) in [5, 5.41) is 3.33. The molecule has 1 fully saturated rings. The van der Waals surface area contributed by atoms with Crippen LogP contribution in [0, 0.1) is 11.8 Å². The highest BCUT2D eigenvalue weighted by atomic mass is 16.5. The molecule has 0 saturated heterocycles. The smallest absolute Gasteiger partial charge is 0.311 e. The molecule has 0 aromatic heterocycles. The summed E-state index contributed by atoms with van der Waals surface area (Å²) in [4.78, 5) is 12.2. The highest BCUT2D eigenvalue weighted by Crippen LogP contribution is 2.26. The molecule has 1 heterocycles. The van der Waals surface area contributed by atoms with E-state index in [0.29, 0.717) is 19.1 Å². The summed E-state index contributed by atoms with van der Waals surface area (Å²) in [5.41, 5.74) is 2.38. The van der Waals surface area contributed by atoms with Crippen molar-refractivity contribution in [1.82, 2.24) is 0 Å². The lowest BCUT2D eigenvalue weighted by molar-refractivity contribution is -0.149. The van der Waals surface area contributed by atoms with Crippen molar-refractivity contribution < 1.29 is 9.53 Å². The van der Waals surface area contributed by atoms with Gasteiger partial charge in [0.25, 0.3) is 0 Å². The molecule has 0 bridgehead atoms. The SMILES string of the molecule is O=C(OCC1CCCCC1)C1CNc2ccccc2C1. The average Bonchev–Trinajstić information content (AvgIpc) is 2.53. The molecule has 1 aromatic carbocycles. The van der Waals surface area contributed by atoms with Gasteiger partial charge in [0.1, 0.15) is 0 Å². The first kappa shape index (κ1) is 13.5. The summed E-state index contributed by atoms with van der Waals surface area (Å²) in [7, 11) is 0. The Bertz CT molecular complexity index is 466. The number of rotatable bonds is 3. The van der Waals surface area contributed by atoms with Crippen LogP contribution in [0.1, 0.15) is 37.7 Å². The average molecular weight is 273 g/mol. The summed E-state index contributed by atoms with van der Waals surface area (Å²) in [6, 6.07) is 8.20. The number of hydrogen-bond acceptors (Lipinski definition) is 3. The van der Waals surface area contributed by atoms with Crippen LogP contribution in [0.2, 0.25) is 0 Å². The number of benzene rings is 1. The fraction of sp³-hybridized carbons (Fsp3) is 0.588. The number of carbonyl (C=O) groups excluding carboxylic acids is 1. The molecule has 2 aliphatic rings. The van der Waals surface area contributed by atoms with E-state index in [-0.39, 0.29) is 11.9 Å². The van der Waals surface area contributed by atoms with Gasteiger partial charge in [-0.25, -0.2) is 0 Å². The van der Waals surface area contributed by atoms with Gasteiger partial charge < -0.3 is 10.1 Å². The van der Waals surface area contributed by atoms with Crippen molar-refractivity contribution in [2.45, 2.75) is 38.5 Å². The van der Waals surface area contributed by atoms with E-state index in [1.54, 1.807) is 0 Å². The van der Waals surface area contributed by atoms with Crippen LogP contribution in [0.15, 0.2) is 24.3 Å². The minimum atomic E-state index is -0.0338. The lowest BCUT2D eigenvalue weighted by atomic mass is 9.90. The zero-order chi connectivity index (χ0) is 13.8. The highest BCUT2D eigenvalue weighted by Gasteiger charge is 2.26. The maximum Gasteiger partial charge on any atom is 0.311 e. The second-order valence-corrected chi connectivity index (χ2v) is 6.07. The third-order valence-corrected chi connectivity index (χ3v) is 4.54. The van der Waals surface area contributed by atoms with Crippen LogP contribution in [-0.4, -0.2) is 19.1 Å². The Morgan fingerprint density at radius 2 is 2.00 bits per heavy atom. The lowest BCUT2D eigenvalue weighted by Gasteiger charge is -2.26. The topological polar surface area (TPSA) is 38.3 Å². The molecule has 1 unspecified atom stereocenters. The van der Waals surface area contributed by atoms with E-state index >= 15 is 0 Å². The van der Waals surface area contributed by atoms with Crippen molar-refractivity contribution in [2.75, 3.05) is 18.5 Å².